The quantitative estimate of drug-likeness (QED) is 0.916. The molecule has 1 aromatic heterocycles. The normalized spacial score (nSPS) is 15.0. The number of thiazole rings is 1. The van der Waals surface area contributed by atoms with Crippen molar-refractivity contribution in [1.29, 1.82) is 0 Å². The Kier molecular flexibility index (Phi) is 5.08. The van der Waals surface area contributed by atoms with Crippen LogP contribution in [0.3, 0.4) is 0 Å². The minimum absolute atomic E-state index is 0.00736. The molecule has 1 fully saturated rings. The van der Waals surface area contributed by atoms with Gasteiger partial charge in [-0.3, -0.25) is 4.79 Å². The zero-order chi connectivity index (χ0) is 16.2. The van der Waals surface area contributed by atoms with Crippen molar-refractivity contribution in [3.8, 4) is 10.4 Å². The van der Waals surface area contributed by atoms with Crippen LogP contribution in [0, 0.1) is 13.8 Å². The van der Waals surface area contributed by atoms with Gasteiger partial charge in [-0.1, -0.05) is 12.1 Å². The lowest BCUT2D eigenvalue weighted by atomic mass is 10.1. The summed E-state index contributed by atoms with van der Waals surface area (Å²) >= 11 is 1.69. The van der Waals surface area contributed by atoms with Crippen molar-refractivity contribution >= 4 is 17.2 Å². The van der Waals surface area contributed by atoms with Gasteiger partial charge in [0.05, 0.1) is 15.6 Å². The number of nitrogens with one attached hydrogen (secondary N) is 1. The first-order valence-electron chi connectivity index (χ1n) is 8.18. The first-order chi connectivity index (χ1) is 11.1. The minimum atomic E-state index is 0.00736. The number of hydrogen-bond donors (Lipinski definition) is 1. The number of aromatic nitrogens is 1. The third-order valence-electron chi connectivity index (χ3n) is 4.23. The third-order valence-corrected chi connectivity index (χ3v) is 5.35. The Labute approximate surface area is 141 Å². The fraction of sp³-hybridized carbons (Fsp3) is 0.444. The first kappa shape index (κ1) is 16.1. The van der Waals surface area contributed by atoms with Crippen LogP contribution in [-0.4, -0.2) is 42.0 Å². The maximum Gasteiger partial charge on any atom is 0.251 e. The van der Waals surface area contributed by atoms with Crippen LogP contribution in [0.15, 0.2) is 24.3 Å². The minimum Gasteiger partial charge on any atom is -0.351 e. The van der Waals surface area contributed by atoms with Gasteiger partial charge in [-0.25, -0.2) is 4.98 Å². The molecule has 1 saturated heterocycles. The van der Waals surface area contributed by atoms with Gasteiger partial charge in [-0.05, 0) is 57.5 Å². The fourth-order valence-electron chi connectivity index (χ4n) is 3.01. The van der Waals surface area contributed by atoms with Gasteiger partial charge >= 0.3 is 0 Å². The van der Waals surface area contributed by atoms with Crippen LogP contribution in [0.5, 0.6) is 0 Å². The molecule has 0 saturated carbocycles. The molecule has 3 rings (SSSR count). The van der Waals surface area contributed by atoms with Crippen molar-refractivity contribution < 1.29 is 4.79 Å². The van der Waals surface area contributed by atoms with Crippen LogP contribution in [0.25, 0.3) is 10.4 Å². The van der Waals surface area contributed by atoms with Gasteiger partial charge in [0.2, 0.25) is 0 Å². The van der Waals surface area contributed by atoms with E-state index in [0.29, 0.717) is 12.1 Å². The van der Waals surface area contributed by atoms with Crippen LogP contribution in [0.2, 0.25) is 0 Å². The molecule has 0 unspecified atom stereocenters. The Morgan fingerprint density at radius 3 is 2.52 bits per heavy atom. The summed E-state index contributed by atoms with van der Waals surface area (Å²) in [6.45, 7) is 8.04. The molecule has 1 aromatic carbocycles. The number of likely N-dealkylation sites (tertiary alicyclic amines) is 1. The van der Waals surface area contributed by atoms with E-state index in [1.54, 1.807) is 11.3 Å². The Morgan fingerprint density at radius 2 is 1.91 bits per heavy atom. The monoisotopic (exact) mass is 329 g/mol. The highest BCUT2D eigenvalue weighted by Crippen LogP contribution is 2.29. The molecule has 0 atom stereocenters. The second-order valence-corrected chi connectivity index (χ2v) is 7.23. The molecule has 5 heteroatoms. The molecule has 122 valence electrons. The fourth-order valence-corrected chi connectivity index (χ4v) is 3.93. The number of nitrogens with zero attached hydrogens (tertiary/aromatic N) is 2. The lowest BCUT2D eigenvalue weighted by molar-refractivity contribution is 0.0950. The molecular formula is C18H23N3OS. The van der Waals surface area contributed by atoms with Gasteiger partial charge in [0, 0.05) is 18.7 Å². The number of hydrogen-bond acceptors (Lipinski definition) is 4. The summed E-state index contributed by atoms with van der Waals surface area (Å²) in [5, 5.41) is 4.08. The van der Waals surface area contributed by atoms with E-state index in [0.717, 1.165) is 35.9 Å². The molecule has 23 heavy (non-hydrogen) atoms. The summed E-state index contributed by atoms with van der Waals surface area (Å²) in [5.74, 6) is 0.00736. The van der Waals surface area contributed by atoms with Crippen molar-refractivity contribution in [2.45, 2.75) is 26.7 Å². The van der Waals surface area contributed by atoms with Crippen LogP contribution < -0.4 is 5.32 Å². The summed E-state index contributed by atoms with van der Waals surface area (Å²) in [4.78, 5) is 20.2. The number of rotatable bonds is 5. The predicted octanol–water partition coefficient (Wildman–Crippen LogP) is 3.25. The molecule has 0 bridgehead atoms. The summed E-state index contributed by atoms with van der Waals surface area (Å²) in [6.07, 6.45) is 2.57. The molecule has 1 aliphatic rings. The maximum absolute atomic E-state index is 12.2. The average Bonchev–Trinajstić information content (AvgIpc) is 3.17. The number of carbonyl (C=O) groups is 1. The van der Waals surface area contributed by atoms with Crippen LogP contribution >= 0.6 is 11.3 Å². The van der Waals surface area contributed by atoms with E-state index in [4.69, 9.17) is 0 Å². The molecule has 2 aromatic rings. The van der Waals surface area contributed by atoms with E-state index in [1.165, 1.54) is 17.7 Å². The van der Waals surface area contributed by atoms with Gasteiger partial charge in [0.15, 0.2) is 0 Å². The Morgan fingerprint density at radius 1 is 1.22 bits per heavy atom. The SMILES string of the molecule is Cc1nc(C)c(-c2ccc(C(=O)NCCN3CCCC3)cc2)s1. The van der Waals surface area contributed by atoms with E-state index in [2.05, 4.69) is 15.2 Å². The lowest BCUT2D eigenvalue weighted by Gasteiger charge is -2.14. The van der Waals surface area contributed by atoms with Crippen LogP contribution in [0.4, 0.5) is 0 Å². The summed E-state index contributed by atoms with van der Waals surface area (Å²) in [7, 11) is 0. The van der Waals surface area contributed by atoms with Gasteiger partial charge in [0.1, 0.15) is 0 Å². The average molecular weight is 329 g/mol. The van der Waals surface area contributed by atoms with Crippen molar-refractivity contribution in [1.82, 2.24) is 15.2 Å². The second-order valence-electron chi connectivity index (χ2n) is 6.03. The highest BCUT2D eigenvalue weighted by atomic mass is 32.1. The summed E-state index contributed by atoms with van der Waals surface area (Å²) in [6, 6.07) is 7.81. The van der Waals surface area contributed by atoms with Crippen LogP contribution in [-0.2, 0) is 0 Å². The molecule has 4 nitrogen and oxygen atoms in total. The second kappa shape index (κ2) is 7.23. The van der Waals surface area contributed by atoms with E-state index in [-0.39, 0.29) is 5.91 Å². The van der Waals surface area contributed by atoms with Crippen molar-refractivity contribution in [2.75, 3.05) is 26.2 Å². The van der Waals surface area contributed by atoms with Gasteiger partial charge in [0.25, 0.3) is 5.91 Å². The number of carbonyl (C=O) groups excluding carboxylic acids is 1. The molecule has 0 spiro atoms. The van der Waals surface area contributed by atoms with E-state index < -0.39 is 0 Å². The van der Waals surface area contributed by atoms with E-state index in [1.807, 2.05) is 38.1 Å². The maximum atomic E-state index is 12.2. The number of amides is 1. The molecule has 1 N–H and O–H groups in total. The molecule has 0 radical (unpaired) electrons. The van der Waals surface area contributed by atoms with Gasteiger partial charge < -0.3 is 10.2 Å². The molecule has 2 heterocycles. The molecule has 0 aliphatic carbocycles. The highest BCUT2D eigenvalue weighted by molar-refractivity contribution is 7.15. The number of benzene rings is 1. The van der Waals surface area contributed by atoms with Gasteiger partial charge in [-0.2, -0.15) is 0 Å². The lowest BCUT2D eigenvalue weighted by Crippen LogP contribution is -2.33. The first-order valence-corrected chi connectivity index (χ1v) is 9.00. The van der Waals surface area contributed by atoms with Gasteiger partial charge in [-0.15, -0.1) is 11.3 Å². The van der Waals surface area contributed by atoms with Crippen molar-refractivity contribution in [2.24, 2.45) is 0 Å². The van der Waals surface area contributed by atoms with Crippen molar-refractivity contribution in [3.63, 3.8) is 0 Å². The molecular weight excluding hydrogens is 306 g/mol. The summed E-state index contributed by atoms with van der Waals surface area (Å²) in [5.41, 5.74) is 2.89. The van der Waals surface area contributed by atoms with E-state index in [9.17, 15) is 4.79 Å². The molecule has 1 aliphatic heterocycles. The Hall–Kier alpha value is -1.72. The van der Waals surface area contributed by atoms with E-state index >= 15 is 0 Å². The topological polar surface area (TPSA) is 45.2 Å². The third kappa shape index (κ3) is 3.98. The smallest absolute Gasteiger partial charge is 0.251 e. The van der Waals surface area contributed by atoms with Crippen LogP contribution in [0.1, 0.15) is 33.9 Å². The number of aryl methyl sites for hydroxylation is 2. The zero-order valence-corrected chi connectivity index (χ0v) is 14.6. The Balaban J connectivity index is 1.58. The highest BCUT2D eigenvalue weighted by Gasteiger charge is 2.12. The standard InChI is InChI=1S/C18H23N3OS/c1-13-17(23-14(2)20-13)15-5-7-16(8-6-15)18(22)19-9-12-21-10-3-4-11-21/h5-8H,3-4,9-12H2,1-2H3,(H,19,22). The predicted molar refractivity (Wildman–Crippen MR) is 95.0 cm³/mol. The molecule has 1 amide bonds. The zero-order valence-electron chi connectivity index (χ0n) is 13.8. The Bertz CT molecular complexity index is 672. The largest absolute Gasteiger partial charge is 0.351 e. The van der Waals surface area contributed by atoms with Crippen molar-refractivity contribution in [3.05, 3.63) is 40.5 Å². The summed E-state index contributed by atoms with van der Waals surface area (Å²) < 4.78 is 0.